The second kappa shape index (κ2) is 41.5. The van der Waals surface area contributed by atoms with Crippen LogP contribution in [0.1, 0.15) is 450 Å². The van der Waals surface area contributed by atoms with E-state index in [1.54, 1.807) is 33.4 Å². The lowest BCUT2D eigenvalue weighted by molar-refractivity contribution is 0.397. The van der Waals surface area contributed by atoms with Gasteiger partial charge in [-0.3, -0.25) is 0 Å². The van der Waals surface area contributed by atoms with Crippen LogP contribution >= 0.6 is 0 Å². The number of nitrogens with zero attached hydrogens (tertiary/aromatic N) is 2. The highest BCUT2D eigenvalue weighted by atomic mass is 15.0. The van der Waals surface area contributed by atoms with Crippen molar-refractivity contribution >= 4 is 43.6 Å². The summed E-state index contributed by atoms with van der Waals surface area (Å²) in [6, 6.07) is 77.3. The molecule has 0 aliphatic heterocycles. The smallest absolute Gasteiger partial charge is 0.0541 e. The van der Waals surface area contributed by atoms with Gasteiger partial charge in [0.25, 0.3) is 0 Å². The molecular formula is C127H168N2. The molecule has 0 spiro atoms. The van der Waals surface area contributed by atoms with Crippen LogP contribution in [-0.2, 0) is 37.9 Å². The molecule has 2 heterocycles. The molecule has 129 heavy (non-hydrogen) atoms. The molecule has 686 valence electrons. The Kier molecular flexibility index (Phi) is 30.7. The summed E-state index contributed by atoms with van der Waals surface area (Å²) < 4.78 is 5.31. The summed E-state index contributed by atoms with van der Waals surface area (Å²) in [5, 5.41) is 5.46. The fourth-order valence-electron chi connectivity index (χ4n) is 24.2. The van der Waals surface area contributed by atoms with Gasteiger partial charge in [-0.25, -0.2) is 0 Å². The first kappa shape index (κ1) is 95.4. The van der Waals surface area contributed by atoms with Gasteiger partial charge in [-0.2, -0.15) is 0 Å². The standard InChI is InChI=1S/C127H168N2/c1-19-25-31-37-43-49-75-125(76-50-44-38-32-26-20-2)111-81-91(93-57-67-103-105-69-63-99(89-115(105)126(113(103)83-93,77-51-45-39-33-27-21-3)78-52-46-40-34-28-22-4)128-117-71-59-95(121(7,8)9)85-107(117)108-86-96(122(10,11)12)60-72-118(108)128)55-65-101(111)102-66-56-92(82-112(102)125)94-58-68-104-106-70-64-100(90-116(106)127(114(104)84-94,79-53-47-41-35-29-23-5)80-54-48-42-36-30-24-6)129-119-73-61-97(123(13,14)15)87-109(119)110-88-98(124(16,17)18)62-74-120(110)129/h55-74,81-90H,19-54,75-80H2,1-18H3. The molecule has 0 radical (unpaired) electrons. The first-order chi connectivity index (χ1) is 62.2. The number of unbranched alkanes of at least 4 members (excludes halogenated alkanes) is 30. The van der Waals surface area contributed by atoms with Crippen LogP contribution in [0.15, 0.2) is 182 Å². The molecule has 10 aromatic carbocycles. The molecule has 2 nitrogen and oxygen atoms in total. The van der Waals surface area contributed by atoms with Crippen molar-refractivity contribution < 1.29 is 0 Å². The molecule has 0 fully saturated rings. The van der Waals surface area contributed by atoms with E-state index in [-0.39, 0.29) is 37.9 Å². The van der Waals surface area contributed by atoms with Gasteiger partial charge >= 0.3 is 0 Å². The topological polar surface area (TPSA) is 9.86 Å². The van der Waals surface area contributed by atoms with Crippen LogP contribution in [0.2, 0.25) is 0 Å². The zero-order valence-electron chi connectivity index (χ0n) is 84.4. The molecule has 0 saturated heterocycles. The third kappa shape index (κ3) is 20.1. The van der Waals surface area contributed by atoms with Crippen molar-refractivity contribution in [2.75, 3.05) is 0 Å². The number of hydrogen-bond donors (Lipinski definition) is 0. The lowest BCUT2D eigenvalue weighted by Gasteiger charge is -2.34. The quantitative estimate of drug-likeness (QED) is 0.0337. The van der Waals surface area contributed by atoms with Crippen molar-refractivity contribution in [2.24, 2.45) is 0 Å². The summed E-state index contributed by atoms with van der Waals surface area (Å²) in [4.78, 5) is 0. The maximum Gasteiger partial charge on any atom is 0.0541 e. The fraction of sp³-hybridized carbons (Fsp3) is 0.528. The van der Waals surface area contributed by atoms with Gasteiger partial charge in [-0.15, -0.1) is 0 Å². The third-order valence-electron chi connectivity index (χ3n) is 32.0. The molecule has 0 atom stereocenters. The van der Waals surface area contributed by atoms with Gasteiger partial charge < -0.3 is 9.13 Å². The maximum absolute atomic E-state index is 2.80. The minimum absolute atomic E-state index is 0.0300. The Hall–Kier alpha value is -8.20. The van der Waals surface area contributed by atoms with Gasteiger partial charge in [0.15, 0.2) is 0 Å². The summed E-state index contributed by atoms with van der Waals surface area (Å²) >= 11 is 0. The van der Waals surface area contributed by atoms with E-state index in [0.717, 1.165) is 0 Å². The molecular weight excluding hydrogens is 1550 g/mol. The van der Waals surface area contributed by atoms with Crippen molar-refractivity contribution in [1.29, 1.82) is 0 Å². The molecule has 15 rings (SSSR count). The van der Waals surface area contributed by atoms with Crippen molar-refractivity contribution in [3.8, 4) is 67.0 Å². The van der Waals surface area contributed by atoms with Crippen molar-refractivity contribution in [1.82, 2.24) is 9.13 Å². The SMILES string of the molecule is CCCCCCCCC1(CCCCCCCC)c2cc(-c3ccc4c(c3)C(CCCCCCCC)(CCCCCCCC)c3cc(-n5c6ccc(C(C)(C)C)cc6c6cc(C(C)(C)C)ccc65)ccc3-4)ccc2-c2ccc(-c3ccc4c(c3)C(CCCCCCCC)(CCCCCCCC)c3cc(-n5c6ccc(C(C)(C)C)cc6c6cc(C(C)(C)C)ccc65)ccc3-4)cc21. The van der Waals surface area contributed by atoms with Crippen LogP contribution in [0.4, 0.5) is 0 Å². The molecule has 3 aliphatic carbocycles. The zero-order valence-corrected chi connectivity index (χ0v) is 84.4. The van der Waals surface area contributed by atoms with Gasteiger partial charge in [0, 0.05) is 49.2 Å². The van der Waals surface area contributed by atoms with Crippen LogP contribution in [0.5, 0.6) is 0 Å². The van der Waals surface area contributed by atoms with E-state index < -0.39 is 0 Å². The Balaban J connectivity index is 0.872. The number of aromatic nitrogens is 2. The van der Waals surface area contributed by atoms with Gasteiger partial charge in [-0.1, -0.05) is 441 Å². The second-order valence-corrected chi connectivity index (χ2v) is 45.5. The van der Waals surface area contributed by atoms with Gasteiger partial charge in [-0.05, 0) is 269 Å². The van der Waals surface area contributed by atoms with E-state index >= 15 is 0 Å². The summed E-state index contributed by atoms with van der Waals surface area (Å²) in [6.45, 7) is 42.7. The number of rotatable bonds is 46. The monoisotopic (exact) mass is 1720 g/mol. The lowest BCUT2D eigenvalue weighted by atomic mass is 9.69. The van der Waals surface area contributed by atoms with Crippen LogP contribution in [0.3, 0.4) is 0 Å². The van der Waals surface area contributed by atoms with Crippen molar-refractivity contribution in [3.05, 3.63) is 238 Å². The maximum atomic E-state index is 2.80. The molecule has 0 saturated carbocycles. The average Bonchev–Trinajstić information content (AvgIpc) is 1.56. The molecule has 3 aliphatic rings. The highest BCUT2D eigenvalue weighted by Crippen LogP contribution is 2.61. The van der Waals surface area contributed by atoms with E-state index in [0.29, 0.717) is 0 Å². The molecule has 2 heteroatoms. The van der Waals surface area contributed by atoms with Crippen LogP contribution < -0.4 is 0 Å². The van der Waals surface area contributed by atoms with Crippen molar-refractivity contribution in [3.63, 3.8) is 0 Å². The molecule has 2 aromatic heterocycles. The highest BCUT2D eigenvalue weighted by molar-refractivity contribution is 6.11. The molecule has 12 aromatic rings. The summed E-state index contributed by atoms with van der Waals surface area (Å²) in [5.74, 6) is 0. The second-order valence-electron chi connectivity index (χ2n) is 45.5. The fourth-order valence-corrected chi connectivity index (χ4v) is 24.2. The van der Waals surface area contributed by atoms with E-state index in [9.17, 15) is 0 Å². The summed E-state index contributed by atoms with van der Waals surface area (Å²) in [6.07, 6.45) is 53.9. The first-order valence-electron chi connectivity index (χ1n) is 53.3. The minimum atomic E-state index is -0.126. The Labute approximate surface area is 784 Å². The molecule has 0 amide bonds. The molecule has 0 bridgehead atoms. The Bertz CT molecular complexity index is 5270. The van der Waals surface area contributed by atoms with E-state index in [1.807, 2.05) is 0 Å². The zero-order chi connectivity index (χ0) is 90.9. The number of hydrogen-bond acceptors (Lipinski definition) is 0. The largest absolute Gasteiger partial charge is 0.309 e. The predicted octanol–water partition coefficient (Wildman–Crippen LogP) is 39.7. The van der Waals surface area contributed by atoms with E-state index in [1.165, 1.54) is 403 Å². The number of benzene rings is 10. The summed E-state index contributed by atoms with van der Waals surface area (Å²) in [5.41, 5.74) is 37.1. The van der Waals surface area contributed by atoms with Gasteiger partial charge in [0.2, 0.25) is 0 Å². The summed E-state index contributed by atoms with van der Waals surface area (Å²) in [7, 11) is 0. The number of fused-ring (bicyclic) bond motifs is 15. The van der Waals surface area contributed by atoms with Crippen molar-refractivity contribution in [2.45, 2.75) is 432 Å². The van der Waals surface area contributed by atoms with E-state index in [2.05, 4.69) is 316 Å². The van der Waals surface area contributed by atoms with E-state index in [4.69, 9.17) is 0 Å². The average molecular weight is 1720 g/mol. The Morgan fingerprint density at radius 3 is 0.558 bits per heavy atom. The Morgan fingerprint density at radius 1 is 0.186 bits per heavy atom. The lowest BCUT2D eigenvalue weighted by Crippen LogP contribution is -2.26. The van der Waals surface area contributed by atoms with Crippen LogP contribution in [-0.4, -0.2) is 9.13 Å². The minimum Gasteiger partial charge on any atom is -0.309 e. The normalized spacial score (nSPS) is 14.4. The van der Waals surface area contributed by atoms with Gasteiger partial charge in [0.05, 0.1) is 22.1 Å². The van der Waals surface area contributed by atoms with Gasteiger partial charge in [0.1, 0.15) is 0 Å². The Morgan fingerprint density at radius 2 is 0.364 bits per heavy atom. The van der Waals surface area contributed by atoms with Crippen LogP contribution in [0, 0.1) is 0 Å². The van der Waals surface area contributed by atoms with Crippen LogP contribution in [0.25, 0.3) is 111 Å². The first-order valence-corrected chi connectivity index (χ1v) is 53.3. The molecule has 0 N–H and O–H groups in total. The third-order valence-corrected chi connectivity index (χ3v) is 32.0. The molecule has 0 unspecified atom stereocenters. The predicted molar refractivity (Wildman–Crippen MR) is 567 cm³/mol. The highest BCUT2D eigenvalue weighted by Gasteiger charge is 2.47.